The first-order valence-corrected chi connectivity index (χ1v) is 7.84. The zero-order valence-electron chi connectivity index (χ0n) is 13.0. The van der Waals surface area contributed by atoms with E-state index in [1.807, 2.05) is 12.1 Å². The molecule has 0 radical (unpaired) electrons. The first kappa shape index (κ1) is 15.3. The van der Waals surface area contributed by atoms with Crippen LogP contribution in [0.4, 0.5) is 10.1 Å². The van der Waals surface area contributed by atoms with Crippen LogP contribution in [0.25, 0.3) is 0 Å². The minimum Gasteiger partial charge on any atom is -0.369 e. The molecule has 1 aliphatic rings. The number of rotatable bonds is 5. The van der Waals surface area contributed by atoms with E-state index < -0.39 is 0 Å². The number of anilines is 1. The number of hydrogen-bond donors (Lipinski definition) is 1. The van der Waals surface area contributed by atoms with E-state index in [1.165, 1.54) is 6.42 Å². The van der Waals surface area contributed by atoms with Crippen LogP contribution >= 0.6 is 0 Å². The van der Waals surface area contributed by atoms with E-state index in [1.54, 1.807) is 6.07 Å². The van der Waals surface area contributed by atoms with Crippen molar-refractivity contribution in [3.8, 4) is 0 Å². The lowest BCUT2D eigenvalue weighted by atomic mass is 9.91. The molecule has 0 spiro atoms. The summed E-state index contributed by atoms with van der Waals surface area (Å²) in [6.07, 6.45) is 2.35. The van der Waals surface area contributed by atoms with E-state index in [4.69, 9.17) is 0 Å². The standard InChI is InChI=1S/C17H27FN2/c1-4-7-19-10-15-5-6-17(16(18)9-15)20-11-13(2)8-14(3)12-20/h5-6,9,13-14,19H,4,7-8,10-12H2,1-3H3. The van der Waals surface area contributed by atoms with Crippen LogP contribution in [0, 0.1) is 17.7 Å². The molecule has 20 heavy (non-hydrogen) atoms. The van der Waals surface area contributed by atoms with Crippen LogP contribution in [-0.2, 0) is 6.54 Å². The van der Waals surface area contributed by atoms with Gasteiger partial charge in [-0.3, -0.25) is 0 Å². The number of nitrogens with zero attached hydrogens (tertiary/aromatic N) is 1. The van der Waals surface area contributed by atoms with Gasteiger partial charge in [0, 0.05) is 19.6 Å². The van der Waals surface area contributed by atoms with Crippen LogP contribution in [0.3, 0.4) is 0 Å². The molecule has 112 valence electrons. The number of halogens is 1. The van der Waals surface area contributed by atoms with Gasteiger partial charge in [0.2, 0.25) is 0 Å². The molecule has 0 saturated carbocycles. The predicted octanol–water partition coefficient (Wildman–Crippen LogP) is 3.81. The van der Waals surface area contributed by atoms with Crippen LogP contribution in [0.5, 0.6) is 0 Å². The van der Waals surface area contributed by atoms with Gasteiger partial charge in [-0.05, 0) is 48.9 Å². The summed E-state index contributed by atoms with van der Waals surface area (Å²) in [5.41, 5.74) is 1.79. The van der Waals surface area contributed by atoms with E-state index >= 15 is 0 Å². The largest absolute Gasteiger partial charge is 0.369 e. The Kier molecular flexibility index (Phi) is 5.41. The summed E-state index contributed by atoms with van der Waals surface area (Å²) in [7, 11) is 0. The Labute approximate surface area is 122 Å². The van der Waals surface area contributed by atoms with Crippen LogP contribution < -0.4 is 10.2 Å². The van der Waals surface area contributed by atoms with Gasteiger partial charge in [-0.1, -0.05) is 26.8 Å². The molecule has 1 saturated heterocycles. The number of piperidine rings is 1. The smallest absolute Gasteiger partial charge is 0.146 e. The highest BCUT2D eigenvalue weighted by atomic mass is 19.1. The third-order valence-electron chi connectivity index (χ3n) is 3.98. The van der Waals surface area contributed by atoms with Gasteiger partial charge in [-0.25, -0.2) is 4.39 Å². The third kappa shape index (κ3) is 3.95. The zero-order valence-corrected chi connectivity index (χ0v) is 13.0. The van der Waals surface area contributed by atoms with Gasteiger partial charge < -0.3 is 10.2 Å². The van der Waals surface area contributed by atoms with Gasteiger partial charge in [0.15, 0.2) is 0 Å². The summed E-state index contributed by atoms with van der Waals surface area (Å²) < 4.78 is 14.3. The molecule has 1 heterocycles. The normalized spacial score (nSPS) is 23.1. The summed E-state index contributed by atoms with van der Waals surface area (Å²) in [4.78, 5) is 2.21. The molecular weight excluding hydrogens is 251 g/mol. The fourth-order valence-electron chi connectivity index (χ4n) is 3.19. The van der Waals surface area contributed by atoms with Crippen LogP contribution in [-0.4, -0.2) is 19.6 Å². The molecule has 2 atom stereocenters. The van der Waals surface area contributed by atoms with E-state index in [-0.39, 0.29) is 5.82 Å². The van der Waals surface area contributed by atoms with Crippen LogP contribution in [0.1, 0.15) is 39.2 Å². The van der Waals surface area contributed by atoms with Crippen molar-refractivity contribution in [3.63, 3.8) is 0 Å². The minimum absolute atomic E-state index is 0.0814. The summed E-state index contributed by atoms with van der Waals surface area (Å²) in [5.74, 6) is 1.20. The Morgan fingerprint density at radius 1 is 1.25 bits per heavy atom. The maximum absolute atomic E-state index is 14.3. The van der Waals surface area contributed by atoms with Crippen molar-refractivity contribution < 1.29 is 4.39 Å². The molecule has 0 amide bonds. The first-order valence-electron chi connectivity index (χ1n) is 7.84. The van der Waals surface area contributed by atoms with Gasteiger partial charge in [0.1, 0.15) is 5.82 Å². The minimum atomic E-state index is -0.0814. The summed E-state index contributed by atoms with van der Waals surface area (Å²) in [6, 6.07) is 5.68. The molecule has 2 unspecified atom stereocenters. The fraction of sp³-hybridized carbons (Fsp3) is 0.647. The lowest BCUT2D eigenvalue weighted by Gasteiger charge is -2.36. The molecule has 1 fully saturated rings. The topological polar surface area (TPSA) is 15.3 Å². The average molecular weight is 278 g/mol. The predicted molar refractivity (Wildman–Crippen MR) is 83.6 cm³/mol. The van der Waals surface area contributed by atoms with Crippen LogP contribution in [0.15, 0.2) is 18.2 Å². The Balaban J connectivity index is 2.05. The van der Waals surface area contributed by atoms with E-state index in [0.29, 0.717) is 11.8 Å². The number of hydrogen-bond acceptors (Lipinski definition) is 2. The van der Waals surface area contributed by atoms with Crippen LogP contribution in [0.2, 0.25) is 0 Å². The Morgan fingerprint density at radius 2 is 1.95 bits per heavy atom. The fourth-order valence-corrected chi connectivity index (χ4v) is 3.19. The van der Waals surface area contributed by atoms with Crippen molar-refractivity contribution in [1.29, 1.82) is 0 Å². The van der Waals surface area contributed by atoms with Gasteiger partial charge in [-0.2, -0.15) is 0 Å². The van der Waals surface area contributed by atoms with Crippen molar-refractivity contribution in [3.05, 3.63) is 29.6 Å². The van der Waals surface area contributed by atoms with E-state index in [9.17, 15) is 4.39 Å². The molecule has 0 aromatic heterocycles. The summed E-state index contributed by atoms with van der Waals surface area (Å²) in [6.45, 7) is 10.3. The highest BCUT2D eigenvalue weighted by Crippen LogP contribution is 2.28. The van der Waals surface area contributed by atoms with E-state index in [0.717, 1.165) is 43.9 Å². The zero-order chi connectivity index (χ0) is 14.5. The van der Waals surface area contributed by atoms with Crippen molar-refractivity contribution in [1.82, 2.24) is 5.32 Å². The van der Waals surface area contributed by atoms with Gasteiger partial charge in [-0.15, -0.1) is 0 Å². The second-order valence-corrected chi connectivity index (χ2v) is 6.31. The van der Waals surface area contributed by atoms with Crippen molar-refractivity contribution in [2.75, 3.05) is 24.5 Å². The molecule has 1 aliphatic heterocycles. The van der Waals surface area contributed by atoms with Crippen molar-refractivity contribution >= 4 is 5.69 Å². The quantitative estimate of drug-likeness (QED) is 0.824. The number of nitrogens with one attached hydrogen (secondary N) is 1. The molecule has 3 heteroatoms. The third-order valence-corrected chi connectivity index (χ3v) is 3.98. The second kappa shape index (κ2) is 7.07. The maximum Gasteiger partial charge on any atom is 0.146 e. The molecule has 1 N–H and O–H groups in total. The SMILES string of the molecule is CCCNCc1ccc(N2CC(C)CC(C)C2)c(F)c1. The molecule has 2 nitrogen and oxygen atoms in total. The highest BCUT2D eigenvalue weighted by Gasteiger charge is 2.23. The molecule has 0 aliphatic carbocycles. The molecular formula is C17H27FN2. The summed E-state index contributed by atoms with van der Waals surface area (Å²) >= 11 is 0. The molecule has 1 aromatic rings. The lowest BCUT2D eigenvalue weighted by molar-refractivity contribution is 0.354. The monoisotopic (exact) mass is 278 g/mol. The Bertz CT molecular complexity index is 423. The Morgan fingerprint density at radius 3 is 2.55 bits per heavy atom. The summed E-state index contributed by atoms with van der Waals surface area (Å²) in [5, 5.41) is 3.31. The van der Waals surface area contributed by atoms with Crippen molar-refractivity contribution in [2.45, 2.75) is 40.2 Å². The van der Waals surface area contributed by atoms with Gasteiger partial charge in [0.05, 0.1) is 5.69 Å². The van der Waals surface area contributed by atoms with Gasteiger partial charge in [0.25, 0.3) is 0 Å². The molecule has 2 rings (SSSR count). The van der Waals surface area contributed by atoms with E-state index in [2.05, 4.69) is 31.0 Å². The van der Waals surface area contributed by atoms with Gasteiger partial charge >= 0.3 is 0 Å². The lowest BCUT2D eigenvalue weighted by Crippen LogP contribution is -2.39. The molecule has 1 aromatic carbocycles. The molecule has 0 bridgehead atoms. The average Bonchev–Trinajstić information content (AvgIpc) is 2.38. The second-order valence-electron chi connectivity index (χ2n) is 6.31. The highest BCUT2D eigenvalue weighted by molar-refractivity contribution is 5.49. The number of benzene rings is 1. The van der Waals surface area contributed by atoms with Crippen molar-refractivity contribution in [2.24, 2.45) is 11.8 Å². The Hall–Kier alpha value is -1.09. The first-order chi connectivity index (χ1) is 9.60. The maximum atomic E-state index is 14.3.